The molecule has 0 aliphatic rings. The molecule has 0 radical (unpaired) electrons. The van der Waals surface area contributed by atoms with E-state index in [0.717, 1.165) is 10.9 Å². The van der Waals surface area contributed by atoms with E-state index in [0.29, 0.717) is 6.61 Å². The summed E-state index contributed by atoms with van der Waals surface area (Å²) in [6.45, 7) is 6.01. The highest BCUT2D eigenvalue weighted by Gasteiger charge is 1.98. The Hall–Kier alpha value is -0.880. The molecule has 1 unspecified atom stereocenters. The van der Waals surface area contributed by atoms with Crippen LogP contribution in [0.2, 0.25) is 0 Å². The first kappa shape index (κ1) is 14.1. The number of ether oxygens (including phenoxy) is 1. The van der Waals surface area contributed by atoms with Crippen molar-refractivity contribution >= 4 is 20.5 Å². The Labute approximate surface area is 94.2 Å². The number of carbonyl (C=O) groups excluding carboxylic acids is 1. The molecule has 0 saturated carbocycles. The van der Waals surface area contributed by atoms with Crippen LogP contribution in [0.4, 0.5) is 0 Å². The van der Waals surface area contributed by atoms with Crippen molar-refractivity contribution in [2.45, 2.75) is 33.8 Å². The number of hydrogen-bond donors (Lipinski definition) is 0. The van der Waals surface area contributed by atoms with Gasteiger partial charge in [0.05, 0.1) is 0 Å². The third kappa shape index (κ3) is 7.10. The molecular formula is C12H19O2P. The van der Waals surface area contributed by atoms with E-state index < -0.39 is 0 Å². The zero-order valence-corrected chi connectivity index (χ0v) is 10.8. The second-order valence-electron chi connectivity index (χ2n) is 3.19. The van der Waals surface area contributed by atoms with Crippen molar-refractivity contribution in [1.82, 2.24) is 0 Å². The Morgan fingerprint density at radius 2 is 1.87 bits per heavy atom. The van der Waals surface area contributed by atoms with Crippen LogP contribution < -0.4 is 5.30 Å². The fraction of sp³-hybridized carbons (Fsp3) is 0.417. The van der Waals surface area contributed by atoms with Gasteiger partial charge in [0.2, 0.25) is 0 Å². The molecule has 0 fully saturated rings. The van der Waals surface area contributed by atoms with Gasteiger partial charge in [-0.3, -0.25) is 4.79 Å². The Morgan fingerprint density at radius 1 is 1.33 bits per heavy atom. The van der Waals surface area contributed by atoms with Gasteiger partial charge in [-0.25, -0.2) is 0 Å². The summed E-state index contributed by atoms with van der Waals surface area (Å²) < 4.78 is 4.86. The monoisotopic (exact) mass is 226 g/mol. The fourth-order valence-corrected chi connectivity index (χ4v) is 1.14. The number of esters is 1. The van der Waals surface area contributed by atoms with E-state index in [-0.39, 0.29) is 5.97 Å². The first-order valence-electron chi connectivity index (χ1n) is 5.08. The molecular weight excluding hydrogens is 207 g/mol. The normalized spacial score (nSPS) is 8.80. The van der Waals surface area contributed by atoms with Crippen LogP contribution in [-0.4, -0.2) is 5.97 Å². The number of benzene rings is 1. The van der Waals surface area contributed by atoms with Crippen molar-refractivity contribution in [3.05, 3.63) is 29.8 Å². The zero-order valence-electron chi connectivity index (χ0n) is 9.62. The molecule has 0 aliphatic heterocycles. The molecule has 3 heteroatoms. The smallest absolute Gasteiger partial charge is 0.302 e. The van der Waals surface area contributed by atoms with Crippen molar-refractivity contribution in [2.24, 2.45) is 0 Å². The molecule has 0 N–H and O–H groups in total. The van der Waals surface area contributed by atoms with E-state index in [1.165, 1.54) is 13.3 Å². The second-order valence-corrected chi connectivity index (χ2v) is 3.81. The predicted octanol–water partition coefficient (Wildman–Crippen LogP) is 2.67. The zero-order chi connectivity index (χ0) is 11.7. The lowest BCUT2D eigenvalue weighted by Crippen LogP contribution is -2.05. The summed E-state index contributed by atoms with van der Waals surface area (Å²) in [5.74, 6) is -0.247. The summed E-state index contributed by atoms with van der Waals surface area (Å²) in [6, 6.07) is 7.76. The minimum absolute atomic E-state index is 0.247. The van der Waals surface area contributed by atoms with Crippen LogP contribution in [0.5, 0.6) is 0 Å². The highest BCUT2D eigenvalue weighted by molar-refractivity contribution is 7.27. The SMILES string of the molecule is CC(=O)OCc1ccccc1P.CCC. The number of carbonyl (C=O) groups is 1. The standard InChI is InChI=1S/C9H11O2P.C3H8/c1-7(10)11-6-8-4-2-3-5-9(8)12;1-3-2/h2-5H,6,12H2,1H3;3H2,1-2H3. The molecule has 0 heterocycles. The van der Waals surface area contributed by atoms with Crippen molar-refractivity contribution in [2.75, 3.05) is 0 Å². The van der Waals surface area contributed by atoms with Crippen molar-refractivity contribution < 1.29 is 9.53 Å². The van der Waals surface area contributed by atoms with Crippen molar-refractivity contribution in [1.29, 1.82) is 0 Å². The highest BCUT2D eigenvalue weighted by Crippen LogP contribution is 2.02. The third-order valence-electron chi connectivity index (χ3n) is 1.49. The van der Waals surface area contributed by atoms with Crippen LogP contribution >= 0.6 is 9.24 Å². The van der Waals surface area contributed by atoms with Gasteiger partial charge >= 0.3 is 5.97 Å². The van der Waals surface area contributed by atoms with E-state index in [1.807, 2.05) is 24.3 Å². The maximum absolute atomic E-state index is 10.5. The molecule has 1 rings (SSSR count). The van der Waals surface area contributed by atoms with E-state index in [1.54, 1.807) is 0 Å². The summed E-state index contributed by atoms with van der Waals surface area (Å²) >= 11 is 0. The summed E-state index contributed by atoms with van der Waals surface area (Å²) in [5, 5.41) is 1.07. The molecule has 1 aromatic rings. The average Bonchev–Trinajstić information content (AvgIpc) is 2.17. The van der Waals surface area contributed by atoms with Crippen LogP contribution in [0.3, 0.4) is 0 Å². The minimum atomic E-state index is -0.247. The summed E-state index contributed by atoms with van der Waals surface area (Å²) in [6.07, 6.45) is 1.25. The molecule has 0 saturated heterocycles. The lowest BCUT2D eigenvalue weighted by atomic mass is 10.2. The van der Waals surface area contributed by atoms with Crippen LogP contribution in [0.15, 0.2) is 24.3 Å². The Morgan fingerprint density at radius 3 is 2.33 bits per heavy atom. The lowest BCUT2D eigenvalue weighted by Gasteiger charge is -2.04. The van der Waals surface area contributed by atoms with E-state index in [4.69, 9.17) is 4.74 Å². The minimum Gasteiger partial charge on any atom is -0.461 e. The van der Waals surface area contributed by atoms with Gasteiger partial charge in [-0.2, -0.15) is 0 Å². The maximum atomic E-state index is 10.5. The molecule has 0 spiro atoms. The van der Waals surface area contributed by atoms with Gasteiger partial charge in [0, 0.05) is 6.92 Å². The largest absolute Gasteiger partial charge is 0.461 e. The summed E-state index contributed by atoms with van der Waals surface area (Å²) in [4.78, 5) is 10.5. The molecule has 1 aromatic carbocycles. The van der Waals surface area contributed by atoms with E-state index in [9.17, 15) is 4.79 Å². The van der Waals surface area contributed by atoms with Crippen LogP contribution in [-0.2, 0) is 16.1 Å². The first-order chi connectivity index (χ1) is 7.11. The Balaban J connectivity index is 0.000000583. The second kappa shape index (κ2) is 8.43. The molecule has 0 amide bonds. The highest BCUT2D eigenvalue weighted by atomic mass is 31.0. The predicted molar refractivity (Wildman–Crippen MR) is 67.2 cm³/mol. The van der Waals surface area contributed by atoms with Gasteiger partial charge < -0.3 is 4.74 Å². The third-order valence-corrected chi connectivity index (χ3v) is 2.05. The van der Waals surface area contributed by atoms with Gasteiger partial charge in [-0.05, 0) is 10.9 Å². The Kier molecular flexibility index (Phi) is 7.94. The average molecular weight is 226 g/mol. The molecule has 0 aromatic heterocycles. The van der Waals surface area contributed by atoms with Crippen LogP contribution in [0.25, 0.3) is 0 Å². The molecule has 84 valence electrons. The van der Waals surface area contributed by atoms with E-state index >= 15 is 0 Å². The molecule has 0 aliphatic carbocycles. The van der Waals surface area contributed by atoms with Crippen molar-refractivity contribution in [3.8, 4) is 0 Å². The van der Waals surface area contributed by atoms with Gasteiger partial charge in [-0.15, -0.1) is 9.24 Å². The van der Waals surface area contributed by atoms with Gasteiger partial charge in [0.1, 0.15) is 6.61 Å². The van der Waals surface area contributed by atoms with Gasteiger partial charge in [0.25, 0.3) is 0 Å². The summed E-state index contributed by atoms with van der Waals surface area (Å²) in [5.41, 5.74) is 1.03. The lowest BCUT2D eigenvalue weighted by molar-refractivity contribution is -0.142. The molecule has 2 nitrogen and oxygen atoms in total. The van der Waals surface area contributed by atoms with Crippen molar-refractivity contribution in [3.63, 3.8) is 0 Å². The van der Waals surface area contributed by atoms with Gasteiger partial charge in [-0.1, -0.05) is 44.5 Å². The van der Waals surface area contributed by atoms with Crippen LogP contribution in [0, 0.1) is 0 Å². The fourth-order valence-electron chi connectivity index (χ4n) is 0.845. The topological polar surface area (TPSA) is 26.3 Å². The van der Waals surface area contributed by atoms with Gasteiger partial charge in [0.15, 0.2) is 0 Å². The number of rotatable bonds is 2. The maximum Gasteiger partial charge on any atom is 0.302 e. The molecule has 1 atom stereocenters. The van der Waals surface area contributed by atoms with E-state index in [2.05, 4.69) is 23.1 Å². The first-order valence-corrected chi connectivity index (χ1v) is 5.66. The Bertz CT molecular complexity index is 297. The quantitative estimate of drug-likeness (QED) is 0.572. The van der Waals surface area contributed by atoms with Crippen LogP contribution in [0.1, 0.15) is 32.8 Å². The summed E-state index contributed by atoms with van der Waals surface area (Å²) in [7, 11) is 2.60. The molecule has 15 heavy (non-hydrogen) atoms. The number of hydrogen-bond acceptors (Lipinski definition) is 2. The molecule has 0 bridgehead atoms.